The lowest BCUT2D eigenvalue weighted by Crippen LogP contribution is -2.44. The summed E-state index contributed by atoms with van der Waals surface area (Å²) in [5.41, 5.74) is -1.40. The summed E-state index contributed by atoms with van der Waals surface area (Å²) in [6.07, 6.45) is 103. The van der Waals surface area contributed by atoms with E-state index in [-0.39, 0.29) is 100 Å². The van der Waals surface area contributed by atoms with Crippen LogP contribution in [-0.2, 0) is 76.3 Å². The van der Waals surface area contributed by atoms with Gasteiger partial charge in [0.15, 0.2) is 0 Å². The molecule has 4 atom stereocenters. The number of rotatable bonds is 116. The van der Waals surface area contributed by atoms with Gasteiger partial charge in [-0.25, -0.2) is 0 Å². The molecule has 0 spiro atoms. The minimum absolute atomic E-state index is 0.0614. The van der Waals surface area contributed by atoms with Crippen molar-refractivity contribution in [2.45, 2.75) is 722 Å². The zero-order valence-corrected chi connectivity index (χ0v) is 94.9. The third kappa shape index (κ3) is 100. The molecule has 0 fully saturated rings. The quantitative estimate of drug-likeness (QED) is 0.0315. The molecule has 0 aromatic heterocycles. The predicted octanol–water partition coefficient (Wildman–Crippen LogP) is 39.0. The Bertz CT molecular complexity index is 2340. The zero-order chi connectivity index (χ0) is 103. The van der Waals surface area contributed by atoms with Gasteiger partial charge >= 0.3 is 47.8 Å². The molecule has 0 aliphatic rings. The smallest absolute Gasteiger partial charge is 0.306 e. The number of ether oxygens (including phenoxy) is 8. The van der Waals surface area contributed by atoms with Crippen LogP contribution < -0.4 is 0 Å². The lowest BCUT2D eigenvalue weighted by atomic mass is 9.92. The topological polar surface area (TPSA) is 210 Å². The van der Waals surface area contributed by atoms with Gasteiger partial charge in [-0.2, -0.15) is 0 Å². The molecule has 0 aromatic rings. The summed E-state index contributed by atoms with van der Waals surface area (Å²) in [6, 6.07) is 0. The van der Waals surface area contributed by atoms with E-state index < -0.39 is 29.3 Å². The van der Waals surface area contributed by atoms with Crippen molar-refractivity contribution in [1.82, 2.24) is 0 Å². The first-order valence-corrected chi connectivity index (χ1v) is 62.5. The summed E-state index contributed by atoms with van der Waals surface area (Å²) < 4.78 is 49.6. The Morgan fingerprint density at radius 1 is 0.135 bits per heavy atom. The second-order valence-corrected chi connectivity index (χ2v) is 43.8. The molecule has 0 heterocycles. The Morgan fingerprint density at radius 2 is 0.234 bits per heavy atom. The molecule has 0 aromatic carbocycles. The van der Waals surface area contributed by atoms with Gasteiger partial charge in [-0.3, -0.25) is 38.4 Å². The summed E-state index contributed by atoms with van der Waals surface area (Å²) in [7, 11) is 0. The van der Waals surface area contributed by atoms with Gasteiger partial charge in [-0.15, -0.1) is 0 Å². The van der Waals surface area contributed by atoms with E-state index in [9.17, 15) is 38.4 Å². The molecule has 4 unspecified atom stereocenters. The highest BCUT2D eigenvalue weighted by atomic mass is 16.6. The van der Waals surface area contributed by atoms with Crippen molar-refractivity contribution in [2.75, 3.05) is 26.4 Å². The van der Waals surface area contributed by atoms with E-state index in [2.05, 4.69) is 55.4 Å². The fourth-order valence-electron chi connectivity index (χ4n) is 19.8. The highest BCUT2D eigenvalue weighted by Gasteiger charge is 2.38. The summed E-state index contributed by atoms with van der Waals surface area (Å²) in [6.45, 7) is 16.8. The van der Waals surface area contributed by atoms with Crippen LogP contribution in [0.2, 0.25) is 0 Å². The van der Waals surface area contributed by atoms with E-state index in [0.29, 0.717) is 51.4 Å². The molecule has 0 aliphatic heterocycles. The van der Waals surface area contributed by atoms with Crippen molar-refractivity contribution in [2.24, 2.45) is 5.41 Å². The molecule has 0 saturated carbocycles. The first kappa shape index (κ1) is 137. The molecule has 141 heavy (non-hydrogen) atoms. The number of hydrogen-bond donors (Lipinski definition) is 0. The van der Waals surface area contributed by atoms with Crippen molar-refractivity contribution < 1.29 is 76.3 Å². The van der Waals surface area contributed by atoms with E-state index in [1.165, 1.54) is 308 Å². The zero-order valence-electron chi connectivity index (χ0n) is 94.9. The SMILES string of the molecule is CCCCCCCCCCCC(=O)OC(CCCCCCCCC)CCCCCCCC(=O)OCC(COC(=O)CCCCCCCC(CCCCCCCCC)OC(=O)CCCCCCCCCCC)(COC(=O)CCCCCCCC(CCCCCCCCC)OC(=O)CCCCCCCCCCC)COC(=O)CCCCCCCC(CCCCCCCCC)OC(=O)CCCCCCCCCCC. The van der Waals surface area contributed by atoms with Crippen LogP contribution in [0.1, 0.15) is 697 Å². The van der Waals surface area contributed by atoms with E-state index in [1.807, 2.05) is 0 Å². The van der Waals surface area contributed by atoms with Crippen LogP contribution in [0.4, 0.5) is 0 Å². The third-order valence-corrected chi connectivity index (χ3v) is 29.4. The normalized spacial score (nSPS) is 12.8. The molecule has 16 heteroatoms. The van der Waals surface area contributed by atoms with Gasteiger partial charge in [-0.05, 0) is 154 Å². The lowest BCUT2D eigenvalue weighted by Gasteiger charge is -2.31. The van der Waals surface area contributed by atoms with E-state index in [0.717, 1.165) is 257 Å². The first-order chi connectivity index (χ1) is 69.1. The van der Waals surface area contributed by atoms with Crippen LogP contribution in [0, 0.1) is 5.41 Å². The molecule has 16 nitrogen and oxygen atoms in total. The number of carbonyl (C=O) groups is 8. The molecule has 0 radical (unpaired) electrons. The van der Waals surface area contributed by atoms with Gasteiger partial charge in [0.1, 0.15) is 56.3 Å². The maximum atomic E-state index is 14.1. The molecule has 0 saturated heterocycles. The van der Waals surface area contributed by atoms with Crippen LogP contribution in [0.3, 0.4) is 0 Å². The maximum Gasteiger partial charge on any atom is 0.306 e. The van der Waals surface area contributed by atoms with Gasteiger partial charge in [0.25, 0.3) is 0 Å². The fraction of sp³-hybridized carbons (Fsp3) is 0.936. The molecule has 0 bridgehead atoms. The second kappa shape index (κ2) is 110. The number of carbonyl (C=O) groups excluding carboxylic acids is 8. The molecule has 0 aliphatic carbocycles. The average Bonchev–Trinajstić information content (AvgIpc) is 0.849. The van der Waals surface area contributed by atoms with Gasteiger partial charge in [0.2, 0.25) is 0 Å². The van der Waals surface area contributed by atoms with Gasteiger partial charge in [0.05, 0.1) is 0 Å². The van der Waals surface area contributed by atoms with Crippen molar-refractivity contribution >= 4 is 47.8 Å². The Labute approximate surface area is 872 Å². The van der Waals surface area contributed by atoms with Crippen molar-refractivity contribution in [3.63, 3.8) is 0 Å². The van der Waals surface area contributed by atoms with Crippen molar-refractivity contribution in [1.29, 1.82) is 0 Å². The molecule has 0 N–H and O–H groups in total. The van der Waals surface area contributed by atoms with Crippen molar-refractivity contribution in [3.8, 4) is 0 Å². The molecular formula is C125H236O16. The largest absolute Gasteiger partial charge is 0.465 e. The summed E-state index contributed by atoms with van der Waals surface area (Å²) in [4.78, 5) is 109. The number of unbranched alkanes of at least 4 members (excludes halogenated alkanes) is 72. The van der Waals surface area contributed by atoms with Gasteiger partial charge in [0, 0.05) is 51.4 Å². The Hall–Kier alpha value is -4.24. The van der Waals surface area contributed by atoms with E-state index in [4.69, 9.17) is 37.9 Å². The summed E-state index contributed by atoms with van der Waals surface area (Å²) >= 11 is 0. The maximum absolute atomic E-state index is 14.1. The molecule has 0 amide bonds. The van der Waals surface area contributed by atoms with E-state index in [1.54, 1.807) is 0 Å². The fourth-order valence-corrected chi connectivity index (χ4v) is 19.8. The lowest BCUT2D eigenvalue weighted by molar-refractivity contribution is -0.171. The number of hydrogen-bond acceptors (Lipinski definition) is 16. The predicted molar refractivity (Wildman–Crippen MR) is 593 cm³/mol. The minimum atomic E-state index is -1.40. The molecule has 0 rings (SSSR count). The summed E-state index contributed by atoms with van der Waals surface area (Å²) in [5.74, 6) is -1.96. The van der Waals surface area contributed by atoms with E-state index >= 15 is 0 Å². The highest BCUT2D eigenvalue weighted by Crippen LogP contribution is 2.29. The average molecular weight is 2000 g/mol. The molecule has 832 valence electrons. The number of esters is 8. The Kier molecular flexibility index (Phi) is 107. The van der Waals surface area contributed by atoms with Gasteiger partial charge in [-0.1, -0.05) is 492 Å². The third-order valence-electron chi connectivity index (χ3n) is 29.4. The standard InChI is InChI=1S/C125H236O16/c1-9-17-25-33-41-45-53-69-89-105-121(130)138-113(93-77-61-49-37-29-21-13-5)97-81-65-57-73-85-101-117(126)134-109-125(110-135-118(127)102-86-74-58-66-82-98-114(94-78-62-50-38-30-22-14-6)139-122(131)106-90-70-54-46-42-34-26-18-10-2,111-136-119(128)103-87-75-59-67-83-99-115(95-79-63-51-39-31-23-15-7)140-123(132)107-91-71-55-47-43-35-27-19-11-3)112-137-120(129)104-88-76-60-68-84-100-116(96-80-64-52-40-32-24-16-8)141-124(133)108-92-72-56-48-44-36-28-20-12-4/h113-116H,9-112H2,1-8H3. The van der Waals surface area contributed by atoms with Crippen LogP contribution in [0.15, 0.2) is 0 Å². The summed E-state index contributed by atoms with van der Waals surface area (Å²) in [5, 5.41) is 0. The first-order valence-electron chi connectivity index (χ1n) is 62.5. The second-order valence-electron chi connectivity index (χ2n) is 43.8. The van der Waals surface area contributed by atoms with Crippen LogP contribution in [-0.4, -0.2) is 98.6 Å². The highest BCUT2D eigenvalue weighted by molar-refractivity contribution is 5.72. The van der Waals surface area contributed by atoms with Crippen LogP contribution >= 0.6 is 0 Å². The Morgan fingerprint density at radius 3 is 0.355 bits per heavy atom. The van der Waals surface area contributed by atoms with Crippen LogP contribution in [0.25, 0.3) is 0 Å². The van der Waals surface area contributed by atoms with Crippen molar-refractivity contribution in [3.05, 3.63) is 0 Å². The molecular weight excluding hydrogens is 1760 g/mol. The van der Waals surface area contributed by atoms with Gasteiger partial charge < -0.3 is 37.9 Å². The van der Waals surface area contributed by atoms with Crippen LogP contribution in [0.5, 0.6) is 0 Å². The Balaban J connectivity index is 6.82. The monoisotopic (exact) mass is 1990 g/mol. The minimum Gasteiger partial charge on any atom is -0.465 e.